The molecule has 1 saturated carbocycles. The lowest BCUT2D eigenvalue weighted by atomic mass is 9.91. The quantitative estimate of drug-likeness (QED) is 0.321. The second kappa shape index (κ2) is 19.9. The summed E-state index contributed by atoms with van der Waals surface area (Å²) >= 11 is 0. The molecular formula is C35H45NO11. The van der Waals surface area contributed by atoms with E-state index in [2.05, 4.69) is 30.3 Å². The van der Waals surface area contributed by atoms with Gasteiger partial charge in [-0.3, -0.25) is 19.2 Å². The highest BCUT2D eigenvalue weighted by molar-refractivity contribution is 5.66. The van der Waals surface area contributed by atoms with Gasteiger partial charge in [-0.1, -0.05) is 24.3 Å². The lowest BCUT2D eigenvalue weighted by molar-refractivity contribution is -0.169. The van der Waals surface area contributed by atoms with Crippen molar-refractivity contribution in [3.05, 3.63) is 64.2 Å². The number of esters is 2. The van der Waals surface area contributed by atoms with Gasteiger partial charge in [-0.2, -0.15) is 5.26 Å². The van der Waals surface area contributed by atoms with Crippen LogP contribution < -0.4 is 0 Å². The molecule has 47 heavy (non-hydrogen) atoms. The molecule has 12 heteroatoms. The van der Waals surface area contributed by atoms with Gasteiger partial charge < -0.3 is 34.3 Å². The van der Waals surface area contributed by atoms with Crippen LogP contribution in [0.4, 0.5) is 0 Å². The maximum absolute atomic E-state index is 11.6. The maximum atomic E-state index is 11.6. The first-order valence-electron chi connectivity index (χ1n) is 15.6. The Bertz CT molecular complexity index is 1350. The van der Waals surface area contributed by atoms with Gasteiger partial charge in [0.2, 0.25) is 0 Å². The molecule has 0 radical (unpaired) electrons. The molecule has 3 N–H and O–H groups in total. The van der Waals surface area contributed by atoms with E-state index >= 15 is 0 Å². The highest BCUT2D eigenvalue weighted by atomic mass is 16.6. The number of carboxylic acid groups (broad SMARTS) is 2. The molecule has 0 unspecified atom stereocenters. The summed E-state index contributed by atoms with van der Waals surface area (Å²) in [4.78, 5) is 40.8. The number of rotatable bonds is 7. The van der Waals surface area contributed by atoms with Crippen molar-refractivity contribution in [3.63, 3.8) is 0 Å². The van der Waals surface area contributed by atoms with Crippen LogP contribution in [0.2, 0.25) is 0 Å². The van der Waals surface area contributed by atoms with Crippen molar-refractivity contribution in [1.29, 1.82) is 5.26 Å². The zero-order chi connectivity index (χ0) is 34.9. The van der Waals surface area contributed by atoms with Gasteiger partial charge in [-0.05, 0) is 66.8 Å². The second-order valence-electron chi connectivity index (χ2n) is 11.5. The van der Waals surface area contributed by atoms with Crippen LogP contribution in [0.1, 0.15) is 106 Å². The van der Waals surface area contributed by atoms with Crippen molar-refractivity contribution in [2.45, 2.75) is 96.9 Å². The summed E-state index contributed by atoms with van der Waals surface area (Å²) in [5.74, 6) is -1.87. The largest absolute Gasteiger partial charge is 0.508 e. The van der Waals surface area contributed by atoms with Crippen LogP contribution in [-0.4, -0.2) is 71.2 Å². The van der Waals surface area contributed by atoms with E-state index in [1.807, 2.05) is 0 Å². The minimum absolute atomic E-state index is 0.0286. The Morgan fingerprint density at radius 2 is 1.51 bits per heavy atom. The Kier molecular flexibility index (Phi) is 16.4. The first-order chi connectivity index (χ1) is 22.3. The smallest absolute Gasteiger partial charge is 0.302 e. The van der Waals surface area contributed by atoms with Gasteiger partial charge in [0.1, 0.15) is 18.5 Å². The Morgan fingerprint density at radius 1 is 0.915 bits per heavy atom. The monoisotopic (exact) mass is 655 g/mol. The van der Waals surface area contributed by atoms with Crippen LogP contribution in [0.15, 0.2) is 36.4 Å². The first kappa shape index (κ1) is 38.7. The standard InChI is InChI=1S/C27H29NO6.C4H8O.2C2H4O2/c1-16(29)32-15-24-12-23(33-17(2)30)13-27(34-24)25-10-21(22(14-28)11-26(25)31)9-18-3-5-19(6-4-18)20-7-8-20;1-2-4-5-3-1;2*1-2(3)4/h3-6,10-11,20,23-24,27,31H,7-9,12-13,15H2,1-2H3;1-4H2;2*1H3,(H,3,4)/t23-,24-,27+;;;/m0.../s1. The van der Waals surface area contributed by atoms with Crippen LogP contribution in [0, 0.1) is 11.3 Å². The Morgan fingerprint density at radius 3 is 1.98 bits per heavy atom. The summed E-state index contributed by atoms with van der Waals surface area (Å²) in [6, 6.07) is 13.9. The Labute approximate surface area is 275 Å². The van der Waals surface area contributed by atoms with Crippen LogP contribution in [0.25, 0.3) is 0 Å². The third-order valence-corrected chi connectivity index (χ3v) is 7.13. The van der Waals surface area contributed by atoms with E-state index in [0.29, 0.717) is 36.3 Å². The molecule has 12 nitrogen and oxygen atoms in total. The summed E-state index contributed by atoms with van der Waals surface area (Å²) in [7, 11) is 0. The van der Waals surface area contributed by atoms with Crippen LogP contribution in [-0.2, 0) is 44.5 Å². The fourth-order valence-electron chi connectivity index (χ4n) is 5.04. The molecule has 0 spiro atoms. The lowest BCUT2D eigenvalue weighted by Gasteiger charge is -2.35. The summed E-state index contributed by atoms with van der Waals surface area (Å²) in [5.41, 5.74) is 4.13. The number of ether oxygens (including phenoxy) is 4. The van der Waals surface area contributed by atoms with E-state index in [1.54, 1.807) is 6.07 Å². The maximum Gasteiger partial charge on any atom is 0.302 e. The van der Waals surface area contributed by atoms with Gasteiger partial charge in [0, 0.05) is 59.3 Å². The van der Waals surface area contributed by atoms with Gasteiger partial charge in [-0.25, -0.2) is 0 Å². The number of carbonyl (C=O) groups is 4. The number of phenolic OH excluding ortho intramolecular Hbond substituents is 1. The van der Waals surface area contributed by atoms with E-state index in [-0.39, 0.29) is 12.4 Å². The number of hydrogen-bond acceptors (Lipinski definition) is 10. The fraction of sp³-hybridized carbons (Fsp3) is 0.514. The number of nitrogens with zero attached hydrogens (tertiary/aromatic N) is 1. The summed E-state index contributed by atoms with van der Waals surface area (Å²) in [6.45, 7) is 6.86. The van der Waals surface area contributed by atoms with Gasteiger partial charge in [0.05, 0.1) is 23.8 Å². The molecule has 2 aromatic carbocycles. The zero-order valence-electron chi connectivity index (χ0n) is 27.4. The second-order valence-corrected chi connectivity index (χ2v) is 11.5. The third-order valence-electron chi connectivity index (χ3n) is 7.13. The average molecular weight is 656 g/mol. The summed E-state index contributed by atoms with van der Waals surface area (Å²) in [6.07, 6.45) is 4.82. The molecule has 3 aliphatic rings. The predicted octanol–water partition coefficient (Wildman–Crippen LogP) is 5.43. The van der Waals surface area contributed by atoms with Crippen molar-refractivity contribution in [2.75, 3.05) is 19.8 Å². The van der Waals surface area contributed by atoms with Crippen molar-refractivity contribution < 1.29 is 53.4 Å². The number of aromatic hydroxyl groups is 1. The van der Waals surface area contributed by atoms with Gasteiger partial charge in [0.15, 0.2) is 0 Å². The normalized spacial score (nSPS) is 19.5. The molecule has 2 aliphatic heterocycles. The number of hydrogen-bond donors (Lipinski definition) is 3. The molecule has 2 saturated heterocycles. The van der Waals surface area contributed by atoms with Crippen LogP contribution in [0.3, 0.4) is 0 Å². The molecule has 3 atom stereocenters. The predicted molar refractivity (Wildman–Crippen MR) is 170 cm³/mol. The van der Waals surface area contributed by atoms with E-state index in [4.69, 9.17) is 38.7 Å². The van der Waals surface area contributed by atoms with E-state index in [9.17, 15) is 20.0 Å². The molecule has 0 bridgehead atoms. The van der Waals surface area contributed by atoms with E-state index in [0.717, 1.165) is 38.2 Å². The number of carboxylic acids is 2. The van der Waals surface area contributed by atoms with Crippen molar-refractivity contribution in [2.24, 2.45) is 0 Å². The van der Waals surface area contributed by atoms with Crippen molar-refractivity contribution in [1.82, 2.24) is 0 Å². The van der Waals surface area contributed by atoms with E-state index < -0.39 is 42.2 Å². The minimum Gasteiger partial charge on any atom is -0.508 e. The molecule has 0 amide bonds. The molecule has 1 aliphatic carbocycles. The summed E-state index contributed by atoms with van der Waals surface area (Å²) in [5, 5.41) is 35.2. The topological polar surface area (TPSA) is 190 Å². The number of carbonyl (C=O) groups excluding carboxylic acids is 2. The number of benzene rings is 2. The van der Waals surface area contributed by atoms with Gasteiger partial charge in [0.25, 0.3) is 11.9 Å². The summed E-state index contributed by atoms with van der Waals surface area (Å²) < 4.78 is 21.6. The van der Waals surface area contributed by atoms with Crippen molar-refractivity contribution >= 4 is 23.9 Å². The molecule has 0 aromatic heterocycles. The van der Waals surface area contributed by atoms with Crippen LogP contribution >= 0.6 is 0 Å². The van der Waals surface area contributed by atoms with E-state index in [1.165, 1.54) is 51.2 Å². The first-order valence-corrected chi connectivity index (χ1v) is 15.6. The number of aliphatic carboxylic acids is 2. The SMILES string of the molecule is C1CCOC1.CC(=O)O.CC(=O)O.CC(=O)OC[C@@H]1C[C@H](OC(C)=O)C[C@H](c2cc(Cc3ccc(C4CC4)cc3)c(C#N)cc2O)O1. The number of nitriles is 1. The lowest BCUT2D eigenvalue weighted by Crippen LogP contribution is -2.37. The van der Waals surface area contributed by atoms with Gasteiger partial charge >= 0.3 is 11.9 Å². The number of phenols is 1. The highest BCUT2D eigenvalue weighted by Gasteiger charge is 2.34. The fourth-order valence-corrected chi connectivity index (χ4v) is 5.04. The molecule has 3 fully saturated rings. The molecule has 5 rings (SSSR count). The van der Waals surface area contributed by atoms with Gasteiger partial charge in [-0.15, -0.1) is 0 Å². The minimum atomic E-state index is -0.833. The molecule has 256 valence electrons. The Hall–Kier alpha value is -4.47. The molecule has 2 aromatic rings. The zero-order valence-corrected chi connectivity index (χ0v) is 27.4. The molecule has 2 heterocycles. The Balaban J connectivity index is 0.000000497. The van der Waals surface area contributed by atoms with Crippen molar-refractivity contribution in [3.8, 4) is 11.8 Å². The highest BCUT2D eigenvalue weighted by Crippen LogP contribution is 2.41. The third kappa shape index (κ3) is 15.6. The molecular weight excluding hydrogens is 610 g/mol. The van der Waals surface area contributed by atoms with Crippen LogP contribution in [0.5, 0.6) is 5.75 Å². The average Bonchev–Trinajstić information content (AvgIpc) is 3.65.